The summed E-state index contributed by atoms with van der Waals surface area (Å²) in [6.45, 7) is 0. The van der Waals surface area contributed by atoms with Crippen molar-refractivity contribution in [1.82, 2.24) is 23.1 Å². The van der Waals surface area contributed by atoms with Gasteiger partial charge in [-0.3, -0.25) is 13.5 Å². The maximum Gasteiger partial charge on any atom is 0.221 e. The quantitative estimate of drug-likeness (QED) is 0.189. The molecule has 4 heterocycles. The van der Waals surface area contributed by atoms with Gasteiger partial charge in [0.15, 0.2) is 5.65 Å². The van der Waals surface area contributed by atoms with Crippen LogP contribution in [0.4, 0.5) is 0 Å². The second kappa shape index (κ2) is 10.3. The first-order valence-corrected chi connectivity index (χ1v) is 17.0. The fourth-order valence-electron chi connectivity index (χ4n) is 8.00. The molecule has 11 rings (SSSR count). The minimum atomic E-state index is 0.892. The van der Waals surface area contributed by atoms with Crippen LogP contribution < -0.4 is 0 Å². The summed E-state index contributed by atoms with van der Waals surface area (Å²) in [5, 5.41) is 3.64. The molecule has 0 fully saturated rings. The van der Waals surface area contributed by atoms with E-state index in [0.29, 0.717) is 0 Å². The minimum absolute atomic E-state index is 0.892. The Balaban J connectivity index is 1.22. The third kappa shape index (κ3) is 3.74. The van der Waals surface area contributed by atoms with Crippen LogP contribution >= 0.6 is 0 Å². The van der Waals surface area contributed by atoms with E-state index in [2.05, 4.69) is 194 Å². The van der Waals surface area contributed by atoms with Gasteiger partial charge in [0.05, 0.1) is 27.6 Å². The van der Waals surface area contributed by atoms with Crippen LogP contribution in [0.5, 0.6) is 0 Å². The molecule has 5 heteroatoms. The van der Waals surface area contributed by atoms with E-state index in [1.165, 1.54) is 27.4 Å². The normalized spacial score (nSPS) is 12.0. The van der Waals surface area contributed by atoms with Crippen molar-refractivity contribution in [3.05, 3.63) is 176 Å². The van der Waals surface area contributed by atoms with Gasteiger partial charge < -0.3 is 4.57 Å². The predicted octanol–water partition coefficient (Wildman–Crippen LogP) is 11.1. The number of imidazole rings is 2. The molecule has 0 saturated heterocycles. The fourth-order valence-corrected chi connectivity index (χ4v) is 8.00. The second-order valence-corrected chi connectivity index (χ2v) is 12.9. The third-order valence-electron chi connectivity index (χ3n) is 10.2. The van der Waals surface area contributed by atoms with Crippen molar-refractivity contribution in [2.24, 2.45) is 0 Å². The van der Waals surface area contributed by atoms with E-state index in [1.807, 2.05) is 0 Å². The van der Waals surface area contributed by atoms with Gasteiger partial charge in [0.25, 0.3) is 0 Å². The number of benzene rings is 7. The topological polar surface area (TPSA) is 32.1 Å². The monoisotopic (exact) mass is 639 g/mol. The molecule has 234 valence electrons. The number of para-hydroxylation sites is 5. The Kier molecular flexibility index (Phi) is 5.60. The van der Waals surface area contributed by atoms with E-state index in [4.69, 9.17) is 4.98 Å². The molecule has 0 spiro atoms. The largest absolute Gasteiger partial charge is 0.309 e. The summed E-state index contributed by atoms with van der Waals surface area (Å²) in [4.78, 5) is 5.42. The molecule has 50 heavy (non-hydrogen) atoms. The lowest BCUT2D eigenvalue weighted by Crippen LogP contribution is -1.97. The molecule has 0 amide bonds. The van der Waals surface area contributed by atoms with E-state index in [9.17, 15) is 0 Å². The molecule has 5 nitrogen and oxygen atoms in total. The Morgan fingerprint density at radius 2 is 0.840 bits per heavy atom. The van der Waals surface area contributed by atoms with Gasteiger partial charge >= 0.3 is 0 Å². The standard InChI is InChI=1S/C45H29N5/c1-4-14-32(15-5-1)47-38-22-12-10-20-35(38)36-26-24-30(28-41(36)47)31-25-27-40-42(29-31)49(34-18-8-3-9-19-34)45-46-43-37-21-11-13-23-39(37)48(44(43)50(40)45)33-16-6-2-7-17-33/h1-29H. The predicted molar refractivity (Wildman–Crippen MR) is 206 cm³/mol. The highest BCUT2D eigenvalue weighted by molar-refractivity contribution is 6.11. The van der Waals surface area contributed by atoms with Gasteiger partial charge in [0, 0.05) is 33.2 Å². The molecule has 0 N–H and O–H groups in total. The van der Waals surface area contributed by atoms with Crippen molar-refractivity contribution in [2.45, 2.75) is 0 Å². The van der Waals surface area contributed by atoms with E-state index < -0.39 is 0 Å². The molecular formula is C45H29N5. The van der Waals surface area contributed by atoms with Crippen LogP contribution in [0.25, 0.3) is 88.9 Å². The summed E-state index contributed by atoms with van der Waals surface area (Å²) < 4.78 is 9.38. The number of rotatable bonds is 4. The smallest absolute Gasteiger partial charge is 0.221 e. The Morgan fingerprint density at radius 3 is 1.52 bits per heavy atom. The molecule has 0 atom stereocenters. The van der Waals surface area contributed by atoms with Gasteiger partial charge in [0.2, 0.25) is 5.78 Å². The van der Waals surface area contributed by atoms with E-state index in [1.54, 1.807) is 0 Å². The van der Waals surface area contributed by atoms with Crippen molar-refractivity contribution in [3.8, 4) is 28.2 Å². The number of aromatic nitrogens is 5. The molecule has 0 aliphatic carbocycles. The van der Waals surface area contributed by atoms with Crippen molar-refractivity contribution in [2.75, 3.05) is 0 Å². The van der Waals surface area contributed by atoms with Crippen LogP contribution in [0, 0.1) is 0 Å². The Bertz CT molecular complexity index is 3070. The Labute approximate surface area is 287 Å². The lowest BCUT2D eigenvalue weighted by atomic mass is 10.0. The molecule has 7 aromatic carbocycles. The van der Waals surface area contributed by atoms with Gasteiger partial charge in [-0.1, -0.05) is 109 Å². The van der Waals surface area contributed by atoms with Crippen molar-refractivity contribution in [3.63, 3.8) is 0 Å². The van der Waals surface area contributed by atoms with Gasteiger partial charge in [0.1, 0.15) is 5.52 Å². The molecular weight excluding hydrogens is 611 g/mol. The molecule has 0 aliphatic heterocycles. The van der Waals surface area contributed by atoms with Gasteiger partial charge in [-0.15, -0.1) is 0 Å². The molecule has 0 saturated carbocycles. The van der Waals surface area contributed by atoms with Crippen LogP contribution in [0.2, 0.25) is 0 Å². The zero-order valence-corrected chi connectivity index (χ0v) is 27.0. The van der Waals surface area contributed by atoms with Gasteiger partial charge in [-0.2, -0.15) is 0 Å². The van der Waals surface area contributed by atoms with Crippen molar-refractivity contribution >= 4 is 60.7 Å². The lowest BCUT2D eigenvalue weighted by Gasteiger charge is -2.10. The molecule has 0 unspecified atom stereocenters. The third-order valence-corrected chi connectivity index (χ3v) is 10.2. The summed E-state index contributed by atoms with van der Waals surface area (Å²) in [6, 6.07) is 62.9. The number of hydrogen-bond acceptors (Lipinski definition) is 1. The second-order valence-electron chi connectivity index (χ2n) is 12.9. The Morgan fingerprint density at radius 1 is 0.340 bits per heavy atom. The van der Waals surface area contributed by atoms with E-state index in [0.717, 1.165) is 61.5 Å². The summed E-state index contributed by atoms with van der Waals surface area (Å²) in [6.07, 6.45) is 0. The van der Waals surface area contributed by atoms with Crippen molar-refractivity contribution < 1.29 is 0 Å². The number of fused-ring (bicyclic) bond motifs is 10. The van der Waals surface area contributed by atoms with Crippen LogP contribution in [0.1, 0.15) is 0 Å². The summed E-state index contributed by atoms with van der Waals surface area (Å²) in [7, 11) is 0. The first-order valence-electron chi connectivity index (χ1n) is 17.0. The van der Waals surface area contributed by atoms with E-state index >= 15 is 0 Å². The highest BCUT2D eigenvalue weighted by Gasteiger charge is 2.24. The number of hydrogen-bond donors (Lipinski definition) is 0. The van der Waals surface area contributed by atoms with Gasteiger partial charge in [-0.25, -0.2) is 4.98 Å². The van der Waals surface area contributed by atoms with Crippen LogP contribution in [0.3, 0.4) is 0 Å². The first kappa shape index (κ1) is 27.1. The highest BCUT2D eigenvalue weighted by Crippen LogP contribution is 2.39. The minimum Gasteiger partial charge on any atom is -0.309 e. The molecule has 11 aromatic rings. The average molecular weight is 640 g/mol. The SMILES string of the molecule is c1ccc(-n2c3ccccc3c3ccc(-c4ccc5c(c4)n(-c4ccccc4)c4nc6c7ccccc7n(-c7ccccc7)c6n54)cc32)cc1. The van der Waals surface area contributed by atoms with E-state index in [-0.39, 0.29) is 0 Å². The average Bonchev–Trinajstić information content (AvgIpc) is 3.90. The molecule has 0 bridgehead atoms. The van der Waals surface area contributed by atoms with Gasteiger partial charge in [-0.05, 0) is 77.9 Å². The zero-order chi connectivity index (χ0) is 32.8. The van der Waals surface area contributed by atoms with Crippen LogP contribution in [-0.2, 0) is 0 Å². The highest BCUT2D eigenvalue weighted by atomic mass is 15.3. The summed E-state index contributed by atoms with van der Waals surface area (Å²) in [5.41, 5.74) is 13.5. The first-order chi connectivity index (χ1) is 24.8. The summed E-state index contributed by atoms with van der Waals surface area (Å²) in [5.74, 6) is 0.892. The molecule has 0 aliphatic rings. The number of nitrogens with zero attached hydrogens (tertiary/aromatic N) is 5. The Hall–Kier alpha value is -6.85. The maximum atomic E-state index is 5.42. The fraction of sp³-hybridized carbons (Fsp3) is 0. The van der Waals surface area contributed by atoms with Crippen molar-refractivity contribution in [1.29, 1.82) is 0 Å². The van der Waals surface area contributed by atoms with Crippen LogP contribution in [0.15, 0.2) is 176 Å². The maximum absolute atomic E-state index is 5.42. The zero-order valence-electron chi connectivity index (χ0n) is 27.0. The van der Waals surface area contributed by atoms with Crippen LogP contribution in [-0.4, -0.2) is 23.1 Å². The molecule has 4 aromatic heterocycles. The molecule has 0 radical (unpaired) electrons. The lowest BCUT2D eigenvalue weighted by molar-refractivity contribution is 1.08. The summed E-state index contributed by atoms with van der Waals surface area (Å²) >= 11 is 0.